The van der Waals surface area contributed by atoms with Crippen molar-refractivity contribution in [1.82, 2.24) is 19.9 Å². The Morgan fingerprint density at radius 3 is 2.64 bits per heavy atom. The normalized spacial score (nSPS) is 15.8. The fourth-order valence-electron chi connectivity index (χ4n) is 4.30. The van der Waals surface area contributed by atoms with Crippen LogP contribution in [0.5, 0.6) is 5.75 Å². The van der Waals surface area contributed by atoms with Crippen LogP contribution in [0, 0.1) is 13.8 Å². The molecule has 3 aromatic rings. The predicted octanol–water partition coefficient (Wildman–Crippen LogP) is 2.90. The molecule has 9 heteroatoms. The number of rotatable bonds is 5. The zero-order valence-corrected chi connectivity index (χ0v) is 19.0. The zero-order chi connectivity index (χ0) is 23.5. The molecule has 0 spiro atoms. The third kappa shape index (κ3) is 4.58. The molecule has 0 unspecified atom stereocenters. The molecular weight excluding hydrogens is 420 g/mol. The van der Waals surface area contributed by atoms with Crippen LogP contribution in [-0.4, -0.2) is 34.1 Å². The highest BCUT2D eigenvalue weighted by molar-refractivity contribution is 6.06. The molecule has 1 fully saturated rings. The number of carbonyl (C=O) groups is 1. The number of nitrogens with zero attached hydrogens (tertiary/aromatic N) is 3. The fourth-order valence-corrected chi connectivity index (χ4v) is 4.30. The Kier molecular flexibility index (Phi) is 6.41. The number of ether oxygens (including phenoxy) is 1. The average Bonchev–Trinajstić information content (AvgIpc) is 2.80. The summed E-state index contributed by atoms with van der Waals surface area (Å²) in [5.74, 6) is -0.0719. The lowest BCUT2D eigenvalue weighted by Gasteiger charge is -2.23. The quantitative estimate of drug-likeness (QED) is 0.548. The number of nitrogen functional groups attached to an aromatic ring is 1. The van der Waals surface area contributed by atoms with Crippen molar-refractivity contribution in [3.05, 3.63) is 69.5 Å². The summed E-state index contributed by atoms with van der Waals surface area (Å²) >= 11 is 0. The van der Waals surface area contributed by atoms with Gasteiger partial charge in [0.15, 0.2) is 0 Å². The minimum Gasteiger partial charge on any atom is -0.497 e. The number of nitrogens with one attached hydrogen (secondary N) is 2. The van der Waals surface area contributed by atoms with Gasteiger partial charge in [0.25, 0.3) is 11.5 Å². The number of piperidine rings is 1. The molecule has 2 aromatic heterocycles. The van der Waals surface area contributed by atoms with Gasteiger partial charge in [-0.15, -0.1) is 0 Å². The van der Waals surface area contributed by atoms with Crippen LogP contribution in [0.2, 0.25) is 0 Å². The van der Waals surface area contributed by atoms with Gasteiger partial charge in [-0.1, -0.05) is 6.42 Å². The molecule has 0 saturated carbocycles. The molecule has 9 nitrogen and oxygen atoms in total. The average molecular weight is 449 g/mol. The van der Waals surface area contributed by atoms with Gasteiger partial charge in [0, 0.05) is 12.2 Å². The van der Waals surface area contributed by atoms with Crippen LogP contribution in [-0.2, 0) is 0 Å². The number of aromatic nitrogens is 3. The first-order chi connectivity index (χ1) is 15.9. The van der Waals surface area contributed by atoms with E-state index >= 15 is 0 Å². The number of hydrogen-bond acceptors (Lipinski definition) is 7. The zero-order valence-electron chi connectivity index (χ0n) is 19.0. The minimum absolute atomic E-state index is 0.129. The molecule has 1 aromatic carbocycles. The number of pyridine rings is 1. The maximum Gasteiger partial charge on any atom is 0.272 e. The van der Waals surface area contributed by atoms with E-state index in [0.717, 1.165) is 42.5 Å². The molecule has 0 aliphatic carbocycles. The molecule has 1 aliphatic rings. The monoisotopic (exact) mass is 448 g/mol. The van der Waals surface area contributed by atoms with Crippen LogP contribution in [0.15, 0.2) is 41.7 Å². The van der Waals surface area contributed by atoms with Crippen molar-refractivity contribution in [2.45, 2.75) is 39.2 Å². The maximum atomic E-state index is 13.3. The molecule has 1 amide bonds. The topological polar surface area (TPSA) is 124 Å². The molecule has 0 radical (unpaired) electrons. The lowest BCUT2D eigenvalue weighted by molar-refractivity contribution is 0.102. The van der Waals surface area contributed by atoms with Crippen molar-refractivity contribution in [1.29, 1.82) is 0 Å². The van der Waals surface area contributed by atoms with Gasteiger partial charge in [0.1, 0.15) is 23.5 Å². The smallest absolute Gasteiger partial charge is 0.272 e. The first-order valence-corrected chi connectivity index (χ1v) is 10.9. The van der Waals surface area contributed by atoms with Gasteiger partial charge in [-0.3, -0.25) is 19.1 Å². The Labute approximate surface area is 192 Å². The Balaban J connectivity index is 1.67. The second-order valence-electron chi connectivity index (χ2n) is 8.25. The highest BCUT2D eigenvalue weighted by atomic mass is 16.5. The number of hydrogen-bond donors (Lipinski definition) is 3. The van der Waals surface area contributed by atoms with E-state index in [-0.39, 0.29) is 17.4 Å². The van der Waals surface area contributed by atoms with E-state index in [0.29, 0.717) is 17.1 Å². The van der Waals surface area contributed by atoms with E-state index < -0.39 is 11.5 Å². The van der Waals surface area contributed by atoms with Crippen molar-refractivity contribution in [3.63, 3.8) is 0 Å². The van der Waals surface area contributed by atoms with Crippen molar-refractivity contribution in [3.8, 4) is 11.4 Å². The second-order valence-corrected chi connectivity index (χ2v) is 8.25. The van der Waals surface area contributed by atoms with E-state index in [2.05, 4.69) is 20.6 Å². The van der Waals surface area contributed by atoms with Crippen LogP contribution < -0.4 is 26.7 Å². The number of benzene rings is 1. The van der Waals surface area contributed by atoms with Gasteiger partial charge in [-0.25, -0.2) is 4.98 Å². The highest BCUT2D eigenvalue weighted by Crippen LogP contribution is 2.26. The number of amides is 1. The number of nitrogens with two attached hydrogens (primary N) is 1. The van der Waals surface area contributed by atoms with E-state index in [4.69, 9.17) is 10.5 Å². The van der Waals surface area contributed by atoms with Gasteiger partial charge < -0.3 is 21.1 Å². The summed E-state index contributed by atoms with van der Waals surface area (Å²) in [4.78, 5) is 34.8. The van der Waals surface area contributed by atoms with E-state index in [9.17, 15) is 9.59 Å². The molecule has 0 bridgehead atoms. The Bertz CT molecular complexity index is 1220. The number of methoxy groups -OCH3 is 1. The predicted molar refractivity (Wildman–Crippen MR) is 127 cm³/mol. The summed E-state index contributed by atoms with van der Waals surface area (Å²) in [7, 11) is 1.58. The first-order valence-electron chi connectivity index (χ1n) is 10.9. The SMILES string of the molecule is COc1cc(C)c(-n2cnc(N)c(C(=O)Nc3cncc([C@H]4CCCCN4)c3)c2=O)c(C)c1. The van der Waals surface area contributed by atoms with Crippen LogP contribution in [0.25, 0.3) is 5.69 Å². The largest absolute Gasteiger partial charge is 0.497 e. The summed E-state index contributed by atoms with van der Waals surface area (Å²) in [5, 5.41) is 6.23. The second kappa shape index (κ2) is 9.41. The third-order valence-electron chi connectivity index (χ3n) is 5.90. The van der Waals surface area contributed by atoms with Crippen molar-refractivity contribution < 1.29 is 9.53 Å². The number of carbonyl (C=O) groups excluding carboxylic acids is 1. The van der Waals surface area contributed by atoms with Gasteiger partial charge in [0.2, 0.25) is 0 Å². The van der Waals surface area contributed by atoms with E-state index in [1.54, 1.807) is 19.5 Å². The van der Waals surface area contributed by atoms with E-state index in [1.165, 1.54) is 10.9 Å². The molecule has 172 valence electrons. The van der Waals surface area contributed by atoms with Gasteiger partial charge >= 0.3 is 0 Å². The summed E-state index contributed by atoms with van der Waals surface area (Å²) in [5.41, 5.74) is 8.94. The molecule has 4 N–H and O–H groups in total. The Morgan fingerprint density at radius 1 is 1.21 bits per heavy atom. The highest BCUT2D eigenvalue weighted by Gasteiger charge is 2.21. The third-order valence-corrected chi connectivity index (χ3v) is 5.90. The first kappa shape index (κ1) is 22.5. The maximum absolute atomic E-state index is 13.3. The molecule has 1 saturated heterocycles. The molecule has 3 heterocycles. The van der Waals surface area contributed by atoms with Gasteiger partial charge in [-0.2, -0.15) is 0 Å². The Hall–Kier alpha value is -3.72. The molecule has 4 rings (SSSR count). The van der Waals surface area contributed by atoms with Crippen LogP contribution in [0.1, 0.15) is 52.4 Å². The molecule has 33 heavy (non-hydrogen) atoms. The summed E-state index contributed by atoms with van der Waals surface area (Å²) in [6, 6.07) is 5.71. The lowest BCUT2D eigenvalue weighted by Crippen LogP contribution is -2.31. The number of anilines is 2. The molecule has 1 aliphatic heterocycles. The van der Waals surface area contributed by atoms with Crippen LogP contribution >= 0.6 is 0 Å². The minimum atomic E-state index is -0.626. The summed E-state index contributed by atoms with van der Waals surface area (Å²) < 4.78 is 6.64. The van der Waals surface area contributed by atoms with Crippen LogP contribution in [0.3, 0.4) is 0 Å². The van der Waals surface area contributed by atoms with E-state index in [1.807, 2.05) is 32.0 Å². The van der Waals surface area contributed by atoms with Crippen LogP contribution in [0.4, 0.5) is 11.5 Å². The lowest BCUT2D eigenvalue weighted by atomic mass is 9.99. The fraction of sp³-hybridized carbons (Fsp3) is 0.333. The molecular formula is C24H28N6O3. The van der Waals surface area contributed by atoms with Crippen molar-refractivity contribution >= 4 is 17.4 Å². The van der Waals surface area contributed by atoms with Crippen molar-refractivity contribution in [2.75, 3.05) is 24.7 Å². The van der Waals surface area contributed by atoms with Crippen molar-refractivity contribution in [2.24, 2.45) is 0 Å². The Morgan fingerprint density at radius 2 is 1.97 bits per heavy atom. The molecule has 1 atom stereocenters. The van der Waals surface area contributed by atoms with Gasteiger partial charge in [-0.05, 0) is 68.1 Å². The van der Waals surface area contributed by atoms with Gasteiger partial charge in [0.05, 0.1) is 24.7 Å². The summed E-state index contributed by atoms with van der Waals surface area (Å²) in [6.45, 7) is 4.69. The number of aryl methyl sites for hydroxylation is 2. The standard InChI is InChI=1S/C24H28N6O3/c1-14-8-18(33-3)9-15(2)21(14)30-13-28-22(25)20(24(30)32)23(31)29-17-10-16(11-26-12-17)19-6-4-5-7-27-19/h8-13,19,27H,4-7,25H2,1-3H3,(H,29,31)/t19-/m1/s1. The summed E-state index contributed by atoms with van der Waals surface area (Å²) in [6.07, 6.45) is 7.99.